The van der Waals surface area contributed by atoms with Crippen molar-refractivity contribution in [3.8, 4) is 0 Å². The predicted octanol–water partition coefficient (Wildman–Crippen LogP) is 1.52. The summed E-state index contributed by atoms with van der Waals surface area (Å²) in [5.41, 5.74) is -2.17. The van der Waals surface area contributed by atoms with Gasteiger partial charge in [0.1, 0.15) is 12.7 Å². The van der Waals surface area contributed by atoms with Gasteiger partial charge in [-0.1, -0.05) is 13.8 Å². The van der Waals surface area contributed by atoms with Crippen LogP contribution in [-0.4, -0.2) is 165 Å². The van der Waals surface area contributed by atoms with Crippen molar-refractivity contribution in [2.24, 2.45) is 23.2 Å². The number of likely N-dealkylation sites (tertiary alicyclic amines) is 1. The Morgan fingerprint density at radius 1 is 1.09 bits per heavy atom. The lowest BCUT2D eigenvalue weighted by Gasteiger charge is -2.48. The van der Waals surface area contributed by atoms with Crippen LogP contribution in [0.3, 0.4) is 0 Å². The fraction of sp³-hybridized carbons (Fsp3) is 0.941. The van der Waals surface area contributed by atoms with Gasteiger partial charge in [-0.3, -0.25) is 14.5 Å². The first-order valence-corrected chi connectivity index (χ1v) is 17.0. The molecule has 0 bridgehead atoms. The predicted molar refractivity (Wildman–Crippen MR) is 176 cm³/mol. The maximum atomic E-state index is 13.7. The fourth-order valence-electron chi connectivity index (χ4n) is 7.93. The van der Waals surface area contributed by atoms with Gasteiger partial charge in [0.05, 0.1) is 35.9 Å². The summed E-state index contributed by atoms with van der Waals surface area (Å²) in [5, 5.41) is 23.2. The van der Waals surface area contributed by atoms with Crippen molar-refractivity contribution in [2.75, 3.05) is 75.1 Å². The lowest BCUT2D eigenvalue weighted by Crippen LogP contribution is -2.60. The number of carbonyl (C=O) groups is 2. The minimum atomic E-state index is -1.27. The first kappa shape index (κ1) is 39.1. The maximum Gasteiger partial charge on any atom is 0.314 e. The first-order valence-electron chi connectivity index (χ1n) is 17.0. The number of likely N-dealkylation sites (N-methyl/N-ethyl adjacent to an activating group) is 3. The lowest BCUT2D eigenvalue weighted by atomic mass is 9.73. The van der Waals surface area contributed by atoms with Crippen LogP contribution in [0, 0.1) is 23.2 Å². The average molecular weight is 657 g/mol. The summed E-state index contributed by atoms with van der Waals surface area (Å²) in [6, 6.07) is -0.274. The van der Waals surface area contributed by atoms with Crippen LogP contribution >= 0.6 is 0 Å². The second kappa shape index (κ2) is 15.9. The highest BCUT2D eigenvalue weighted by Gasteiger charge is 2.52. The molecule has 0 aromatic rings. The third-order valence-electron chi connectivity index (χ3n) is 10.7. The standard InChI is InChI=1S/C34H64N4O8/c1-21-16-34(6,43-12)30(46-31-28(40)25(36(9)10)15-22(2)45-31)23(3)29(41)33(4,5)32(42)44-20-26(37(11)17-21)24-13-14-38(18-24)27(39)19-35(7)8/h21-26,28-31,40-41H,13-20H2,1-12H3/t21-,22-,23+,24+,25+,26-,28-,29?,30?,31+,34-/m1/s1. The third kappa shape index (κ3) is 8.99. The number of esters is 1. The Morgan fingerprint density at radius 2 is 1.74 bits per heavy atom. The van der Waals surface area contributed by atoms with E-state index in [0.29, 0.717) is 39.0 Å². The highest BCUT2D eigenvalue weighted by atomic mass is 16.7. The number of rotatable bonds is 7. The zero-order chi connectivity index (χ0) is 34.7. The van der Waals surface area contributed by atoms with Gasteiger partial charge in [0.25, 0.3) is 0 Å². The maximum absolute atomic E-state index is 13.7. The number of cyclic esters (lactones) is 1. The molecule has 1 amide bonds. The monoisotopic (exact) mass is 656 g/mol. The van der Waals surface area contributed by atoms with Gasteiger partial charge >= 0.3 is 5.97 Å². The van der Waals surface area contributed by atoms with Crippen molar-refractivity contribution in [1.82, 2.24) is 19.6 Å². The van der Waals surface area contributed by atoms with Gasteiger partial charge in [0.15, 0.2) is 6.29 Å². The van der Waals surface area contributed by atoms with E-state index in [1.165, 1.54) is 0 Å². The molecule has 0 saturated carbocycles. The first-order chi connectivity index (χ1) is 21.3. The van der Waals surface area contributed by atoms with Gasteiger partial charge in [0, 0.05) is 44.7 Å². The van der Waals surface area contributed by atoms with E-state index in [1.807, 2.05) is 63.7 Å². The van der Waals surface area contributed by atoms with Crippen LogP contribution in [0.15, 0.2) is 0 Å². The fourth-order valence-corrected chi connectivity index (χ4v) is 7.93. The number of amides is 1. The third-order valence-corrected chi connectivity index (χ3v) is 10.7. The molecule has 0 aliphatic carbocycles. The number of hydrogen-bond acceptors (Lipinski definition) is 11. The minimum absolute atomic E-state index is 0.101. The highest BCUT2D eigenvalue weighted by Crippen LogP contribution is 2.40. The van der Waals surface area contributed by atoms with Gasteiger partial charge in [0.2, 0.25) is 5.91 Å². The summed E-state index contributed by atoms with van der Waals surface area (Å²) in [6.45, 7) is 13.9. The van der Waals surface area contributed by atoms with Gasteiger partial charge in [-0.25, -0.2) is 0 Å². The second-order valence-electron chi connectivity index (χ2n) is 15.7. The molecule has 3 heterocycles. The van der Waals surface area contributed by atoms with Crippen LogP contribution in [-0.2, 0) is 28.5 Å². The Kier molecular flexibility index (Phi) is 13.5. The Labute approximate surface area is 277 Å². The molecule has 2 unspecified atom stereocenters. The van der Waals surface area contributed by atoms with Crippen LogP contribution in [0.1, 0.15) is 60.8 Å². The van der Waals surface area contributed by atoms with E-state index in [4.69, 9.17) is 18.9 Å². The summed E-state index contributed by atoms with van der Waals surface area (Å²) < 4.78 is 25.1. The quantitative estimate of drug-likeness (QED) is 0.388. The molecular weight excluding hydrogens is 592 g/mol. The Balaban J connectivity index is 1.94. The van der Waals surface area contributed by atoms with E-state index < -0.39 is 47.5 Å². The topological polar surface area (TPSA) is 124 Å². The Morgan fingerprint density at radius 3 is 2.33 bits per heavy atom. The van der Waals surface area contributed by atoms with Gasteiger partial charge < -0.3 is 43.9 Å². The highest BCUT2D eigenvalue weighted by molar-refractivity contribution is 5.78. The number of aliphatic hydroxyl groups excluding tert-OH is 2. The molecule has 0 aromatic carbocycles. The van der Waals surface area contributed by atoms with E-state index in [-0.39, 0.29) is 42.5 Å². The molecule has 3 aliphatic heterocycles. The zero-order valence-electron chi connectivity index (χ0n) is 30.6. The van der Waals surface area contributed by atoms with E-state index in [0.717, 1.165) is 6.42 Å². The van der Waals surface area contributed by atoms with Crippen molar-refractivity contribution in [2.45, 2.75) is 109 Å². The average Bonchev–Trinajstić information content (AvgIpc) is 3.45. The Hall–Kier alpha value is -1.38. The molecule has 3 fully saturated rings. The van der Waals surface area contributed by atoms with Crippen molar-refractivity contribution >= 4 is 11.9 Å². The molecule has 46 heavy (non-hydrogen) atoms. The zero-order valence-corrected chi connectivity index (χ0v) is 30.6. The molecule has 12 heteroatoms. The van der Waals surface area contributed by atoms with Gasteiger partial charge in [-0.05, 0) is 94.0 Å². The summed E-state index contributed by atoms with van der Waals surface area (Å²) in [6.07, 6.45) is -1.83. The molecule has 11 atom stereocenters. The summed E-state index contributed by atoms with van der Waals surface area (Å²) in [7, 11) is 11.3. The normalized spacial score (nSPS) is 40.3. The molecular formula is C34H64N4O8. The number of aliphatic hydroxyl groups is 2. The van der Waals surface area contributed by atoms with Crippen LogP contribution in [0.25, 0.3) is 0 Å². The molecule has 3 saturated heterocycles. The molecule has 0 spiro atoms. The van der Waals surface area contributed by atoms with Crippen LogP contribution in [0.2, 0.25) is 0 Å². The van der Waals surface area contributed by atoms with E-state index in [9.17, 15) is 19.8 Å². The summed E-state index contributed by atoms with van der Waals surface area (Å²) in [4.78, 5) is 34.6. The molecule has 0 radical (unpaired) electrons. The SMILES string of the molecule is CO[C@]1(C)C[C@@H](C)CN(C)[C@@H]([C@H]2CCN(C(=O)CN(C)C)C2)COC(=O)C(C)(C)C(O)[C@H](C)C1O[C@@H]1O[C@H](C)C[C@H](N(C)C)[C@H]1O. The Bertz CT molecular complexity index is 1010. The summed E-state index contributed by atoms with van der Waals surface area (Å²) >= 11 is 0. The molecule has 2 N–H and O–H groups in total. The number of carbonyl (C=O) groups excluding carboxylic acids is 2. The largest absolute Gasteiger partial charge is 0.464 e. The number of nitrogens with zero attached hydrogens (tertiary/aromatic N) is 4. The number of ether oxygens (including phenoxy) is 4. The van der Waals surface area contributed by atoms with Crippen molar-refractivity contribution in [1.29, 1.82) is 0 Å². The van der Waals surface area contributed by atoms with Crippen LogP contribution in [0.4, 0.5) is 0 Å². The van der Waals surface area contributed by atoms with Crippen molar-refractivity contribution in [3.05, 3.63) is 0 Å². The van der Waals surface area contributed by atoms with E-state index in [1.54, 1.807) is 21.0 Å². The lowest BCUT2D eigenvalue weighted by molar-refractivity contribution is -0.302. The van der Waals surface area contributed by atoms with Crippen LogP contribution < -0.4 is 0 Å². The second-order valence-corrected chi connectivity index (χ2v) is 15.7. The van der Waals surface area contributed by atoms with Crippen LogP contribution in [0.5, 0.6) is 0 Å². The number of hydrogen-bond donors (Lipinski definition) is 2. The smallest absolute Gasteiger partial charge is 0.314 e. The summed E-state index contributed by atoms with van der Waals surface area (Å²) in [5.74, 6) is -0.732. The number of methoxy groups -OCH3 is 1. The van der Waals surface area contributed by atoms with E-state index >= 15 is 0 Å². The molecule has 268 valence electrons. The van der Waals surface area contributed by atoms with Crippen molar-refractivity contribution in [3.63, 3.8) is 0 Å². The minimum Gasteiger partial charge on any atom is -0.464 e. The van der Waals surface area contributed by atoms with Gasteiger partial charge in [-0.15, -0.1) is 0 Å². The molecule has 12 nitrogen and oxygen atoms in total. The van der Waals surface area contributed by atoms with E-state index in [2.05, 4.69) is 18.9 Å². The van der Waals surface area contributed by atoms with Gasteiger partial charge in [-0.2, -0.15) is 0 Å². The molecule has 3 aliphatic rings. The molecule has 0 aromatic heterocycles. The molecule has 3 rings (SSSR count). The van der Waals surface area contributed by atoms with Crippen molar-refractivity contribution < 1.29 is 38.7 Å².